The van der Waals surface area contributed by atoms with Gasteiger partial charge in [0.05, 0.1) is 16.8 Å². The number of unbranched alkanes of at least 4 members (excludes halogenated alkanes) is 2. The van der Waals surface area contributed by atoms with Crippen molar-refractivity contribution in [2.24, 2.45) is 0 Å². The van der Waals surface area contributed by atoms with Gasteiger partial charge in [0.2, 0.25) is 0 Å². The lowest BCUT2D eigenvalue weighted by atomic mass is 10.1. The van der Waals surface area contributed by atoms with Gasteiger partial charge in [0.25, 0.3) is 0 Å². The minimum Gasteiger partial charge on any atom is -0.466 e. The second-order valence-electron chi connectivity index (χ2n) is 5.54. The number of rotatable bonds is 10. The third-order valence-corrected chi connectivity index (χ3v) is 5.84. The van der Waals surface area contributed by atoms with E-state index in [9.17, 15) is 13.2 Å². The van der Waals surface area contributed by atoms with Crippen molar-refractivity contribution in [3.8, 4) is 0 Å². The summed E-state index contributed by atoms with van der Waals surface area (Å²) in [4.78, 5) is 11.6. The number of ether oxygens (including phenoxy) is 1. The normalized spacial score (nSPS) is 12.6. The van der Waals surface area contributed by atoms with E-state index in [1.807, 2.05) is 6.92 Å². The first-order chi connectivity index (χ1) is 10.9. The van der Waals surface area contributed by atoms with Gasteiger partial charge in [-0.05, 0) is 38.8 Å². The maximum absolute atomic E-state index is 12.6. The average molecular weight is 338 g/mol. The summed E-state index contributed by atoms with van der Waals surface area (Å²) in [5, 5.41) is -0.590. The molecular formula is C18H26O4S. The van der Waals surface area contributed by atoms with Crippen molar-refractivity contribution in [3.05, 3.63) is 42.5 Å². The summed E-state index contributed by atoms with van der Waals surface area (Å²) >= 11 is 0. The lowest BCUT2D eigenvalue weighted by Crippen LogP contribution is -2.19. The molecule has 0 aliphatic rings. The fourth-order valence-corrected chi connectivity index (χ4v) is 3.92. The predicted octanol–water partition coefficient (Wildman–Crippen LogP) is 3.84. The summed E-state index contributed by atoms with van der Waals surface area (Å²) in [6, 6.07) is 6.88. The van der Waals surface area contributed by atoms with Gasteiger partial charge >= 0.3 is 5.97 Å². The van der Waals surface area contributed by atoms with Crippen molar-refractivity contribution in [3.63, 3.8) is 0 Å². The highest BCUT2D eigenvalue weighted by molar-refractivity contribution is 7.92. The molecule has 0 saturated carbocycles. The van der Waals surface area contributed by atoms with E-state index in [0.717, 1.165) is 18.4 Å². The highest BCUT2D eigenvalue weighted by Crippen LogP contribution is 2.22. The number of esters is 1. The molecular weight excluding hydrogens is 312 g/mol. The molecule has 0 aliphatic heterocycles. The third-order valence-electron chi connectivity index (χ3n) is 3.69. The molecule has 0 aliphatic carbocycles. The monoisotopic (exact) mass is 338 g/mol. The number of sulfone groups is 1. The fourth-order valence-electron chi connectivity index (χ4n) is 2.33. The van der Waals surface area contributed by atoms with Crippen molar-refractivity contribution >= 4 is 15.8 Å². The molecule has 1 unspecified atom stereocenters. The zero-order valence-corrected chi connectivity index (χ0v) is 14.8. The summed E-state index contributed by atoms with van der Waals surface area (Å²) in [7, 11) is -3.39. The molecule has 0 N–H and O–H groups in total. The van der Waals surface area contributed by atoms with Crippen molar-refractivity contribution in [2.75, 3.05) is 6.61 Å². The Hall–Kier alpha value is -1.62. The molecule has 1 rings (SSSR count). The SMILES string of the molecule is C=CC(CCCCCC(=O)OCC)S(=O)(=O)c1ccc(C)cc1. The molecule has 0 saturated heterocycles. The number of carbonyl (C=O) groups is 1. The molecule has 0 spiro atoms. The molecule has 1 aromatic carbocycles. The smallest absolute Gasteiger partial charge is 0.305 e. The van der Waals surface area contributed by atoms with Gasteiger partial charge in [-0.2, -0.15) is 0 Å². The predicted molar refractivity (Wildman–Crippen MR) is 92.1 cm³/mol. The summed E-state index contributed by atoms with van der Waals surface area (Å²) in [6.45, 7) is 7.77. The van der Waals surface area contributed by atoms with Gasteiger partial charge in [-0.1, -0.05) is 36.6 Å². The molecule has 0 aromatic heterocycles. The zero-order chi connectivity index (χ0) is 17.3. The number of hydrogen-bond donors (Lipinski definition) is 0. The van der Waals surface area contributed by atoms with Crippen LogP contribution in [0.4, 0.5) is 0 Å². The zero-order valence-electron chi connectivity index (χ0n) is 14.0. The Labute approximate surface area is 139 Å². The lowest BCUT2D eigenvalue weighted by Gasteiger charge is -2.14. The van der Waals surface area contributed by atoms with Crippen LogP contribution in [0.15, 0.2) is 41.8 Å². The van der Waals surface area contributed by atoms with E-state index >= 15 is 0 Å². The number of hydrogen-bond acceptors (Lipinski definition) is 4. The van der Waals surface area contributed by atoms with E-state index in [4.69, 9.17) is 4.74 Å². The Bertz CT molecular complexity index is 602. The molecule has 1 aromatic rings. The first kappa shape index (κ1) is 19.4. The highest BCUT2D eigenvalue weighted by Gasteiger charge is 2.24. The lowest BCUT2D eigenvalue weighted by molar-refractivity contribution is -0.143. The van der Waals surface area contributed by atoms with Crippen LogP contribution in [0, 0.1) is 6.92 Å². The van der Waals surface area contributed by atoms with E-state index in [1.165, 1.54) is 6.08 Å². The second kappa shape index (κ2) is 9.50. The van der Waals surface area contributed by atoms with Crippen molar-refractivity contribution < 1.29 is 17.9 Å². The van der Waals surface area contributed by atoms with Crippen molar-refractivity contribution in [1.82, 2.24) is 0 Å². The van der Waals surface area contributed by atoms with Crippen LogP contribution in [0.25, 0.3) is 0 Å². The molecule has 0 bridgehead atoms. The van der Waals surface area contributed by atoms with Gasteiger partial charge in [-0.3, -0.25) is 4.79 Å². The van der Waals surface area contributed by atoms with E-state index < -0.39 is 15.1 Å². The molecule has 23 heavy (non-hydrogen) atoms. The summed E-state index contributed by atoms with van der Waals surface area (Å²) in [5.41, 5.74) is 1.03. The topological polar surface area (TPSA) is 60.4 Å². The van der Waals surface area contributed by atoms with Gasteiger partial charge in [0.1, 0.15) is 0 Å². The third kappa shape index (κ3) is 6.18. The van der Waals surface area contributed by atoms with Crippen molar-refractivity contribution in [1.29, 1.82) is 0 Å². The van der Waals surface area contributed by atoms with E-state index in [0.29, 0.717) is 30.8 Å². The average Bonchev–Trinajstić information content (AvgIpc) is 2.51. The van der Waals surface area contributed by atoms with Gasteiger partial charge in [0, 0.05) is 6.42 Å². The standard InChI is InChI=1S/C18H26O4S/c1-4-16(9-7-6-8-10-18(19)22-5-2)23(20,21)17-13-11-15(3)12-14-17/h4,11-14,16H,1,5-10H2,2-3H3. The molecule has 0 fully saturated rings. The molecule has 0 amide bonds. The Kier molecular flexibility index (Phi) is 8.03. The Morgan fingerprint density at radius 1 is 1.22 bits per heavy atom. The molecule has 5 heteroatoms. The van der Waals surface area contributed by atoms with E-state index in [-0.39, 0.29) is 5.97 Å². The minimum absolute atomic E-state index is 0.194. The molecule has 4 nitrogen and oxygen atoms in total. The Morgan fingerprint density at radius 2 is 1.87 bits per heavy atom. The maximum Gasteiger partial charge on any atom is 0.305 e. The van der Waals surface area contributed by atoms with Crippen molar-refractivity contribution in [2.45, 2.75) is 56.1 Å². The van der Waals surface area contributed by atoms with Crippen LogP contribution in [0.1, 0.15) is 44.6 Å². The van der Waals surface area contributed by atoms with Crippen LogP contribution >= 0.6 is 0 Å². The number of benzene rings is 1. The maximum atomic E-state index is 12.6. The van der Waals surface area contributed by atoms with Crippen LogP contribution < -0.4 is 0 Å². The Balaban J connectivity index is 2.51. The van der Waals surface area contributed by atoms with Gasteiger partial charge in [-0.15, -0.1) is 6.58 Å². The largest absolute Gasteiger partial charge is 0.466 e. The molecule has 1 atom stereocenters. The van der Waals surface area contributed by atoms with Gasteiger partial charge in [0.15, 0.2) is 9.84 Å². The van der Waals surface area contributed by atoms with E-state index in [2.05, 4.69) is 6.58 Å². The van der Waals surface area contributed by atoms with Gasteiger partial charge < -0.3 is 4.74 Å². The highest BCUT2D eigenvalue weighted by atomic mass is 32.2. The Morgan fingerprint density at radius 3 is 2.43 bits per heavy atom. The summed E-state index contributed by atoms with van der Waals surface area (Å²) in [6.07, 6.45) is 4.65. The fraction of sp³-hybridized carbons (Fsp3) is 0.500. The van der Waals surface area contributed by atoms with Crippen LogP contribution in [-0.2, 0) is 19.4 Å². The van der Waals surface area contributed by atoms with Crippen LogP contribution in [0.5, 0.6) is 0 Å². The summed E-state index contributed by atoms with van der Waals surface area (Å²) < 4.78 is 30.0. The number of carbonyl (C=O) groups excluding carboxylic acids is 1. The molecule has 128 valence electrons. The van der Waals surface area contributed by atoms with E-state index in [1.54, 1.807) is 31.2 Å². The second-order valence-corrected chi connectivity index (χ2v) is 7.70. The first-order valence-electron chi connectivity index (χ1n) is 8.00. The first-order valence-corrected chi connectivity index (χ1v) is 9.55. The quantitative estimate of drug-likeness (QED) is 0.369. The minimum atomic E-state index is -3.39. The number of aryl methyl sites for hydroxylation is 1. The van der Waals surface area contributed by atoms with Crippen LogP contribution in [0.3, 0.4) is 0 Å². The van der Waals surface area contributed by atoms with Crippen LogP contribution in [-0.4, -0.2) is 26.2 Å². The summed E-state index contributed by atoms with van der Waals surface area (Å²) in [5.74, 6) is -0.194. The van der Waals surface area contributed by atoms with Crippen LogP contribution in [0.2, 0.25) is 0 Å². The molecule has 0 radical (unpaired) electrons. The van der Waals surface area contributed by atoms with Gasteiger partial charge in [-0.25, -0.2) is 8.42 Å². The molecule has 0 heterocycles.